The van der Waals surface area contributed by atoms with Crippen molar-refractivity contribution < 1.29 is 16.8 Å². The minimum absolute atomic E-state index is 0.0648. The maximum Gasteiger partial charge on any atom is 0.171 e. The predicted octanol–water partition coefficient (Wildman–Crippen LogP) is 1.41. The maximum atomic E-state index is 11.7. The molecule has 2 saturated heterocycles. The van der Waals surface area contributed by atoms with Gasteiger partial charge in [-0.25, -0.2) is 16.8 Å². The molecule has 2 fully saturated rings. The highest BCUT2D eigenvalue weighted by atomic mass is 32.2. The number of anilines is 2. The van der Waals surface area contributed by atoms with Gasteiger partial charge in [0.05, 0.1) is 34.1 Å². The van der Waals surface area contributed by atoms with Crippen LogP contribution in [-0.4, -0.2) is 61.1 Å². The summed E-state index contributed by atoms with van der Waals surface area (Å²) in [6.07, 6.45) is 1.04. The summed E-state index contributed by atoms with van der Waals surface area (Å²) in [6, 6.07) is 7.26. The monoisotopic (exact) mass is 490 g/mol. The lowest BCUT2D eigenvalue weighted by molar-refractivity contribution is 0.474. The largest absolute Gasteiger partial charge is 0.356 e. The second kappa shape index (κ2) is 8.21. The van der Waals surface area contributed by atoms with Crippen molar-refractivity contribution in [2.45, 2.75) is 37.8 Å². The Kier molecular flexibility index (Phi) is 6.34. The van der Waals surface area contributed by atoms with Crippen molar-refractivity contribution in [1.29, 1.82) is 0 Å². The fourth-order valence-corrected chi connectivity index (χ4v) is 8.64. The van der Waals surface area contributed by atoms with Crippen LogP contribution >= 0.6 is 24.4 Å². The van der Waals surface area contributed by atoms with Gasteiger partial charge in [-0.2, -0.15) is 0 Å². The van der Waals surface area contributed by atoms with E-state index < -0.39 is 30.8 Å². The molecule has 0 aliphatic carbocycles. The Balaban J connectivity index is 1.51. The van der Waals surface area contributed by atoms with E-state index in [1.165, 1.54) is 0 Å². The van der Waals surface area contributed by atoms with Crippen LogP contribution in [0, 0.1) is 0 Å². The van der Waals surface area contributed by atoms with Crippen molar-refractivity contribution in [3.8, 4) is 0 Å². The first kappa shape index (κ1) is 23.2. The number of benzene rings is 1. The first-order chi connectivity index (χ1) is 13.8. The summed E-state index contributed by atoms with van der Waals surface area (Å²) in [5, 5.41) is 13.1. The minimum atomic E-state index is -3.02. The first-order valence-electron chi connectivity index (χ1n) is 9.47. The van der Waals surface area contributed by atoms with Crippen molar-refractivity contribution in [1.82, 2.24) is 10.6 Å². The van der Waals surface area contributed by atoms with Crippen LogP contribution in [0.2, 0.25) is 0 Å². The van der Waals surface area contributed by atoms with Gasteiger partial charge in [-0.1, -0.05) is 0 Å². The number of sulfone groups is 2. The molecular weight excluding hydrogens is 464 g/mol. The molecule has 0 radical (unpaired) electrons. The van der Waals surface area contributed by atoms with E-state index in [1.807, 2.05) is 38.1 Å². The van der Waals surface area contributed by atoms with Crippen molar-refractivity contribution in [3.05, 3.63) is 24.3 Å². The Labute approximate surface area is 188 Å². The van der Waals surface area contributed by atoms with E-state index in [0.29, 0.717) is 23.1 Å². The quantitative estimate of drug-likeness (QED) is 0.462. The fraction of sp³-hybridized carbons (Fsp3) is 0.556. The van der Waals surface area contributed by atoms with E-state index in [-0.39, 0.29) is 23.0 Å². The fourth-order valence-electron chi connectivity index (χ4n) is 3.73. The molecule has 0 saturated carbocycles. The van der Waals surface area contributed by atoms with E-state index in [1.54, 1.807) is 0 Å². The standard InChI is InChI=1S/C18H26N4O4S4/c1-17(7-9-29(23,24)11-17)21-15(27)19-13-3-5-14(6-4-13)20-16(28)22-18(2)8-10-30(25,26)12-18/h3-6H,7-12H2,1-2H3,(H2,19,21,27)(H2,20,22,28)/t17-,18-/m1/s1. The highest BCUT2D eigenvalue weighted by molar-refractivity contribution is 7.92. The highest BCUT2D eigenvalue weighted by Crippen LogP contribution is 2.24. The molecule has 2 aliphatic rings. The third kappa shape index (κ3) is 6.25. The number of hydrogen-bond acceptors (Lipinski definition) is 6. The Morgan fingerprint density at radius 3 is 1.37 bits per heavy atom. The normalized spacial score (nSPS) is 29.1. The lowest BCUT2D eigenvalue weighted by Crippen LogP contribution is -2.48. The molecule has 1 aromatic rings. The third-order valence-electron chi connectivity index (χ3n) is 5.24. The Bertz CT molecular complexity index is 971. The lowest BCUT2D eigenvalue weighted by Gasteiger charge is -2.26. The molecule has 30 heavy (non-hydrogen) atoms. The van der Waals surface area contributed by atoms with Gasteiger partial charge in [-0.3, -0.25) is 0 Å². The average Bonchev–Trinajstić information content (AvgIpc) is 3.02. The first-order valence-corrected chi connectivity index (χ1v) is 13.9. The summed E-state index contributed by atoms with van der Waals surface area (Å²) in [5.41, 5.74) is 0.364. The van der Waals surface area contributed by atoms with Gasteiger partial charge in [-0.05, 0) is 75.4 Å². The van der Waals surface area contributed by atoms with Crippen LogP contribution in [0.4, 0.5) is 11.4 Å². The van der Waals surface area contributed by atoms with Gasteiger partial charge >= 0.3 is 0 Å². The van der Waals surface area contributed by atoms with Gasteiger partial charge in [-0.15, -0.1) is 0 Å². The number of thiocarbonyl (C=S) groups is 2. The Hall–Kier alpha value is -1.50. The minimum Gasteiger partial charge on any atom is -0.356 e. The van der Waals surface area contributed by atoms with Gasteiger partial charge in [0.15, 0.2) is 29.9 Å². The Morgan fingerprint density at radius 1 is 0.767 bits per heavy atom. The highest BCUT2D eigenvalue weighted by Gasteiger charge is 2.39. The maximum absolute atomic E-state index is 11.7. The van der Waals surface area contributed by atoms with Gasteiger partial charge in [0, 0.05) is 11.4 Å². The van der Waals surface area contributed by atoms with Gasteiger partial charge in [0.1, 0.15) is 0 Å². The van der Waals surface area contributed by atoms with E-state index in [0.717, 1.165) is 11.4 Å². The summed E-state index contributed by atoms with van der Waals surface area (Å²) >= 11 is 10.6. The molecule has 2 atom stereocenters. The van der Waals surface area contributed by atoms with Crippen LogP contribution in [0.1, 0.15) is 26.7 Å². The molecule has 0 bridgehead atoms. The van der Waals surface area contributed by atoms with Crippen molar-refractivity contribution >= 4 is 65.7 Å². The predicted molar refractivity (Wildman–Crippen MR) is 129 cm³/mol. The Morgan fingerprint density at radius 2 is 1.10 bits per heavy atom. The number of hydrogen-bond donors (Lipinski definition) is 4. The molecule has 3 rings (SSSR count). The van der Waals surface area contributed by atoms with E-state index in [4.69, 9.17) is 24.4 Å². The molecule has 12 heteroatoms. The number of rotatable bonds is 4. The molecule has 0 spiro atoms. The smallest absolute Gasteiger partial charge is 0.171 e. The zero-order valence-corrected chi connectivity index (χ0v) is 20.1. The molecule has 0 unspecified atom stereocenters. The van der Waals surface area contributed by atoms with E-state index in [9.17, 15) is 16.8 Å². The second-order valence-corrected chi connectivity index (χ2v) is 13.7. The average molecular weight is 491 g/mol. The zero-order valence-electron chi connectivity index (χ0n) is 16.8. The molecule has 4 N–H and O–H groups in total. The van der Waals surface area contributed by atoms with Gasteiger partial charge in [0.25, 0.3) is 0 Å². The van der Waals surface area contributed by atoms with Crippen LogP contribution in [0.5, 0.6) is 0 Å². The van der Waals surface area contributed by atoms with Crippen molar-refractivity contribution in [2.75, 3.05) is 33.6 Å². The van der Waals surface area contributed by atoms with Crippen LogP contribution in [-0.2, 0) is 19.7 Å². The zero-order chi connectivity index (χ0) is 22.2. The second-order valence-electron chi connectivity index (χ2n) is 8.54. The van der Waals surface area contributed by atoms with Crippen LogP contribution in [0.3, 0.4) is 0 Å². The molecule has 0 aromatic heterocycles. The summed E-state index contributed by atoms with van der Waals surface area (Å²) in [7, 11) is -6.04. The van der Waals surface area contributed by atoms with E-state index in [2.05, 4.69) is 21.3 Å². The molecule has 0 amide bonds. The summed E-state index contributed by atoms with van der Waals surface area (Å²) < 4.78 is 46.9. The van der Waals surface area contributed by atoms with Crippen LogP contribution < -0.4 is 21.3 Å². The molecule has 2 heterocycles. The summed E-state index contributed by atoms with van der Waals surface area (Å²) in [4.78, 5) is 0. The lowest BCUT2D eigenvalue weighted by atomic mass is 10.0. The molecule has 166 valence electrons. The summed E-state index contributed by atoms with van der Waals surface area (Å²) in [5.74, 6) is 0.460. The SMILES string of the molecule is C[C@@]1(NC(=S)Nc2ccc(NC(=S)N[C@]3(C)CCS(=O)(=O)C3)cc2)CCS(=O)(=O)C1. The number of nitrogens with one attached hydrogen (secondary N) is 4. The topological polar surface area (TPSA) is 116 Å². The molecule has 2 aliphatic heterocycles. The molecule has 8 nitrogen and oxygen atoms in total. The van der Waals surface area contributed by atoms with Gasteiger partial charge < -0.3 is 21.3 Å². The van der Waals surface area contributed by atoms with Crippen molar-refractivity contribution in [3.63, 3.8) is 0 Å². The van der Waals surface area contributed by atoms with Crippen LogP contribution in [0.15, 0.2) is 24.3 Å². The summed E-state index contributed by atoms with van der Waals surface area (Å²) in [6.45, 7) is 3.70. The van der Waals surface area contributed by atoms with Gasteiger partial charge in [0.2, 0.25) is 0 Å². The van der Waals surface area contributed by atoms with Crippen molar-refractivity contribution in [2.24, 2.45) is 0 Å². The molecular formula is C18H26N4O4S4. The third-order valence-corrected chi connectivity index (χ3v) is 9.45. The van der Waals surface area contributed by atoms with E-state index >= 15 is 0 Å². The molecule has 1 aromatic carbocycles. The van der Waals surface area contributed by atoms with Crippen LogP contribution in [0.25, 0.3) is 0 Å².